The second-order valence-electron chi connectivity index (χ2n) is 5.12. The maximum Gasteiger partial charge on any atom is 0.230 e. The summed E-state index contributed by atoms with van der Waals surface area (Å²) in [6.45, 7) is 4.55. The van der Waals surface area contributed by atoms with Gasteiger partial charge >= 0.3 is 0 Å². The van der Waals surface area contributed by atoms with Crippen LogP contribution >= 0.6 is 11.8 Å². The number of carbonyl (C=O) groups is 1. The largest absolute Gasteiger partial charge is 0.340 e. The molecular weight excluding hydrogens is 220 g/mol. The minimum absolute atomic E-state index is 0.207. The lowest BCUT2D eigenvalue weighted by Gasteiger charge is -2.37. The molecule has 0 aromatic carbocycles. The van der Waals surface area contributed by atoms with Crippen molar-refractivity contribution in [2.75, 3.05) is 25.4 Å². The Morgan fingerprint density at radius 3 is 2.75 bits per heavy atom. The topological polar surface area (TPSA) is 46.3 Å². The zero-order valence-electron chi connectivity index (χ0n) is 10.1. The first-order valence-corrected chi connectivity index (χ1v) is 7.34. The van der Waals surface area contributed by atoms with E-state index in [2.05, 4.69) is 11.8 Å². The number of nitrogens with two attached hydrogens (primary N) is 1. The van der Waals surface area contributed by atoms with E-state index in [0.717, 1.165) is 31.7 Å². The third kappa shape index (κ3) is 2.23. The molecule has 16 heavy (non-hydrogen) atoms. The third-order valence-corrected chi connectivity index (χ3v) is 5.07. The van der Waals surface area contributed by atoms with Crippen LogP contribution in [0.25, 0.3) is 0 Å². The summed E-state index contributed by atoms with van der Waals surface area (Å²) in [7, 11) is 0. The molecule has 0 aromatic heterocycles. The van der Waals surface area contributed by atoms with Crippen molar-refractivity contribution in [3.63, 3.8) is 0 Å². The maximum atomic E-state index is 12.5. The maximum absolute atomic E-state index is 12.5. The summed E-state index contributed by atoms with van der Waals surface area (Å²) in [5.41, 5.74) is 5.65. The Balaban J connectivity index is 2.04. The molecule has 1 aliphatic heterocycles. The first-order valence-electron chi connectivity index (χ1n) is 6.29. The quantitative estimate of drug-likeness (QED) is 0.797. The number of hydrogen-bond donors (Lipinski definition) is 1. The van der Waals surface area contributed by atoms with Gasteiger partial charge in [-0.25, -0.2) is 0 Å². The van der Waals surface area contributed by atoms with E-state index in [1.165, 1.54) is 12.8 Å². The van der Waals surface area contributed by atoms with Crippen LogP contribution in [0.1, 0.15) is 32.6 Å². The minimum atomic E-state index is -0.207. The predicted octanol–water partition coefficient (Wildman–Crippen LogP) is 1.47. The van der Waals surface area contributed by atoms with Crippen LogP contribution in [0.15, 0.2) is 0 Å². The Kier molecular flexibility index (Phi) is 3.80. The van der Waals surface area contributed by atoms with Crippen LogP contribution in [0.3, 0.4) is 0 Å². The van der Waals surface area contributed by atoms with Crippen molar-refractivity contribution >= 4 is 17.7 Å². The normalized spacial score (nSPS) is 29.4. The summed E-state index contributed by atoms with van der Waals surface area (Å²) in [6, 6.07) is 0. The van der Waals surface area contributed by atoms with Gasteiger partial charge in [0.1, 0.15) is 0 Å². The molecule has 0 bridgehead atoms. The van der Waals surface area contributed by atoms with E-state index in [1.807, 2.05) is 11.8 Å². The summed E-state index contributed by atoms with van der Waals surface area (Å²) < 4.78 is 0. The molecule has 1 aliphatic carbocycles. The van der Waals surface area contributed by atoms with E-state index in [-0.39, 0.29) is 5.41 Å². The number of carbonyl (C=O) groups excluding carboxylic acids is 1. The molecule has 2 aliphatic rings. The van der Waals surface area contributed by atoms with E-state index in [0.29, 0.717) is 17.7 Å². The molecule has 1 amide bonds. The molecule has 1 saturated carbocycles. The number of nitrogens with zero attached hydrogens (tertiary/aromatic N) is 1. The van der Waals surface area contributed by atoms with Crippen LogP contribution in [0, 0.1) is 5.41 Å². The SMILES string of the molecule is CC1CN(C(=O)C2(CN)CCCC2)CCS1. The first-order chi connectivity index (χ1) is 7.68. The summed E-state index contributed by atoms with van der Waals surface area (Å²) in [5, 5.41) is 0.578. The highest BCUT2D eigenvalue weighted by Gasteiger charge is 2.42. The first kappa shape index (κ1) is 12.2. The van der Waals surface area contributed by atoms with Gasteiger partial charge in [-0.1, -0.05) is 19.8 Å². The molecule has 1 atom stereocenters. The van der Waals surface area contributed by atoms with Crippen molar-refractivity contribution in [2.24, 2.45) is 11.1 Å². The monoisotopic (exact) mass is 242 g/mol. The van der Waals surface area contributed by atoms with Gasteiger partial charge < -0.3 is 10.6 Å². The van der Waals surface area contributed by atoms with E-state index >= 15 is 0 Å². The lowest BCUT2D eigenvalue weighted by Crippen LogP contribution is -2.50. The van der Waals surface area contributed by atoms with Gasteiger partial charge in [-0.15, -0.1) is 0 Å². The fraction of sp³-hybridized carbons (Fsp3) is 0.917. The van der Waals surface area contributed by atoms with Gasteiger partial charge in [0.15, 0.2) is 0 Å². The summed E-state index contributed by atoms with van der Waals surface area (Å²) in [6.07, 6.45) is 4.34. The molecule has 0 spiro atoms. The highest BCUT2D eigenvalue weighted by molar-refractivity contribution is 7.99. The minimum Gasteiger partial charge on any atom is -0.340 e. The average Bonchev–Trinajstić information content (AvgIpc) is 2.78. The van der Waals surface area contributed by atoms with E-state index in [4.69, 9.17) is 5.73 Å². The van der Waals surface area contributed by atoms with Gasteiger partial charge in [0.2, 0.25) is 5.91 Å². The predicted molar refractivity (Wildman–Crippen MR) is 68.5 cm³/mol. The summed E-state index contributed by atoms with van der Waals surface area (Å²) in [4.78, 5) is 14.6. The van der Waals surface area contributed by atoms with Crippen LogP contribution < -0.4 is 5.73 Å². The molecule has 2 fully saturated rings. The second-order valence-corrected chi connectivity index (χ2v) is 6.67. The number of rotatable bonds is 2. The van der Waals surface area contributed by atoms with Gasteiger partial charge in [-0.2, -0.15) is 11.8 Å². The molecule has 1 saturated heterocycles. The molecule has 1 unspecified atom stereocenters. The van der Waals surface area contributed by atoms with Crippen LogP contribution in [-0.2, 0) is 4.79 Å². The zero-order valence-corrected chi connectivity index (χ0v) is 10.9. The van der Waals surface area contributed by atoms with E-state index < -0.39 is 0 Å². The van der Waals surface area contributed by atoms with Gasteiger partial charge in [0.25, 0.3) is 0 Å². The molecule has 92 valence electrons. The van der Waals surface area contributed by atoms with Crippen LogP contribution in [0.2, 0.25) is 0 Å². The third-order valence-electron chi connectivity index (χ3n) is 3.93. The Bertz CT molecular complexity index is 264. The molecule has 2 N–H and O–H groups in total. The molecule has 0 radical (unpaired) electrons. The van der Waals surface area contributed by atoms with Crippen LogP contribution in [0.4, 0.5) is 0 Å². The van der Waals surface area contributed by atoms with E-state index in [1.54, 1.807) is 0 Å². The highest BCUT2D eigenvalue weighted by Crippen LogP contribution is 2.39. The number of thioether (sulfide) groups is 1. The van der Waals surface area contributed by atoms with Crippen molar-refractivity contribution in [3.8, 4) is 0 Å². The van der Waals surface area contributed by atoms with Gasteiger partial charge in [-0.3, -0.25) is 4.79 Å². The average molecular weight is 242 g/mol. The molecule has 4 heteroatoms. The number of amides is 1. The van der Waals surface area contributed by atoms with Crippen molar-refractivity contribution in [2.45, 2.75) is 37.9 Å². The summed E-state index contributed by atoms with van der Waals surface area (Å²) in [5.74, 6) is 1.41. The van der Waals surface area contributed by atoms with Crippen molar-refractivity contribution < 1.29 is 4.79 Å². The Hall–Kier alpha value is -0.220. The highest BCUT2D eigenvalue weighted by atomic mass is 32.2. The van der Waals surface area contributed by atoms with Crippen LogP contribution in [-0.4, -0.2) is 41.4 Å². The van der Waals surface area contributed by atoms with Crippen molar-refractivity contribution in [1.29, 1.82) is 0 Å². The van der Waals surface area contributed by atoms with Gasteiger partial charge in [-0.05, 0) is 12.8 Å². The molecular formula is C12H22N2OS. The Morgan fingerprint density at radius 2 is 2.19 bits per heavy atom. The van der Waals surface area contributed by atoms with Crippen molar-refractivity contribution in [1.82, 2.24) is 4.90 Å². The molecule has 2 rings (SSSR count). The lowest BCUT2D eigenvalue weighted by molar-refractivity contribution is -0.141. The molecule has 0 aromatic rings. The smallest absolute Gasteiger partial charge is 0.230 e. The zero-order chi connectivity index (χ0) is 11.6. The standard InChI is InChI=1S/C12H22N2OS/c1-10-8-14(6-7-16-10)11(15)12(9-13)4-2-3-5-12/h10H,2-9,13H2,1H3. The Morgan fingerprint density at radius 1 is 1.50 bits per heavy atom. The van der Waals surface area contributed by atoms with Crippen LogP contribution in [0.5, 0.6) is 0 Å². The van der Waals surface area contributed by atoms with Gasteiger partial charge in [0.05, 0.1) is 5.41 Å². The second kappa shape index (κ2) is 4.96. The fourth-order valence-corrected chi connectivity index (χ4v) is 3.91. The summed E-state index contributed by atoms with van der Waals surface area (Å²) >= 11 is 1.96. The molecule has 3 nitrogen and oxygen atoms in total. The Labute approximate surface area is 102 Å². The lowest BCUT2D eigenvalue weighted by atomic mass is 9.84. The van der Waals surface area contributed by atoms with E-state index in [9.17, 15) is 4.79 Å². The molecule has 1 heterocycles. The number of hydrogen-bond acceptors (Lipinski definition) is 3. The van der Waals surface area contributed by atoms with Gasteiger partial charge in [0, 0.05) is 30.6 Å². The fourth-order valence-electron chi connectivity index (χ4n) is 2.90. The van der Waals surface area contributed by atoms with Crippen molar-refractivity contribution in [3.05, 3.63) is 0 Å².